The van der Waals surface area contributed by atoms with Gasteiger partial charge in [-0.15, -0.1) is 0 Å². The van der Waals surface area contributed by atoms with Gasteiger partial charge in [0.1, 0.15) is 0 Å². The minimum absolute atomic E-state index is 0.149. The van der Waals surface area contributed by atoms with Crippen molar-refractivity contribution >= 4 is 11.7 Å². The number of aromatic amines is 1. The van der Waals surface area contributed by atoms with Gasteiger partial charge in [-0.1, -0.05) is 45.4 Å². The van der Waals surface area contributed by atoms with Crippen LogP contribution in [0.25, 0.3) is 0 Å². The van der Waals surface area contributed by atoms with E-state index in [9.17, 15) is 4.79 Å². The highest BCUT2D eigenvalue weighted by Gasteiger charge is 2.20. The number of amides is 1. The maximum absolute atomic E-state index is 12.2. The van der Waals surface area contributed by atoms with Gasteiger partial charge in [0.05, 0.1) is 0 Å². The molecule has 2 N–H and O–H groups in total. The zero-order valence-electron chi connectivity index (χ0n) is 11.9. The van der Waals surface area contributed by atoms with Crippen LogP contribution in [0.2, 0.25) is 0 Å². The second-order valence-electron chi connectivity index (χ2n) is 5.56. The van der Waals surface area contributed by atoms with Crippen LogP contribution in [-0.2, 0) is 11.2 Å². The second kappa shape index (κ2) is 7.31. The van der Waals surface area contributed by atoms with E-state index in [1.54, 1.807) is 0 Å². The molecule has 1 aromatic heterocycles. The van der Waals surface area contributed by atoms with Gasteiger partial charge in [0, 0.05) is 17.7 Å². The molecule has 0 atom stereocenters. The Balaban J connectivity index is 1.87. The summed E-state index contributed by atoms with van der Waals surface area (Å²) in [4.78, 5) is 12.2. The first kappa shape index (κ1) is 14.1. The van der Waals surface area contributed by atoms with E-state index in [4.69, 9.17) is 0 Å². The lowest BCUT2D eigenvalue weighted by Crippen LogP contribution is -2.23. The molecule has 2 rings (SSSR count). The molecule has 1 aliphatic rings. The van der Waals surface area contributed by atoms with Crippen LogP contribution in [0.1, 0.15) is 64.0 Å². The van der Waals surface area contributed by atoms with Gasteiger partial charge < -0.3 is 5.32 Å². The fourth-order valence-electron chi connectivity index (χ4n) is 2.77. The number of nitrogens with zero attached hydrogens (tertiary/aromatic N) is 1. The fraction of sp³-hybridized carbons (Fsp3) is 0.733. The second-order valence-corrected chi connectivity index (χ2v) is 5.56. The molecule has 0 aromatic carbocycles. The molecule has 106 valence electrons. The first-order chi connectivity index (χ1) is 9.29. The van der Waals surface area contributed by atoms with E-state index in [1.807, 2.05) is 6.07 Å². The number of aryl methyl sites for hydroxylation is 1. The van der Waals surface area contributed by atoms with E-state index < -0.39 is 0 Å². The normalized spacial score (nSPS) is 17.7. The zero-order valence-corrected chi connectivity index (χ0v) is 11.9. The highest BCUT2D eigenvalue weighted by atomic mass is 16.1. The maximum Gasteiger partial charge on any atom is 0.228 e. The Bertz CT molecular complexity index is 392. The minimum Gasteiger partial charge on any atom is -0.309 e. The molecule has 1 saturated carbocycles. The lowest BCUT2D eigenvalue weighted by molar-refractivity contribution is -0.120. The minimum atomic E-state index is 0.149. The first-order valence-corrected chi connectivity index (χ1v) is 7.64. The topological polar surface area (TPSA) is 57.8 Å². The van der Waals surface area contributed by atoms with Crippen molar-refractivity contribution in [2.75, 3.05) is 5.32 Å². The summed E-state index contributed by atoms with van der Waals surface area (Å²) in [6.45, 7) is 2.13. The highest BCUT2D eigenvalue weighted by Crippen LogP contribution is 2.23. The van der Waals surface area contributed by atoms with Gasteiger partial charge in [-0.25, -0.2) is 0 Å². The molecule has 4 heteroatoms. The summed E-state index contributed by atoms with van der Waals surface area (Å²) in [6.07, 6.45) is 10.3. The first-order valence-electron chi connectivity index (χ1n) is 7.64. The Labute approximate surface area is 115 Å². The average Bonchev–Trinajstić information content (AvgIpc) is 2.76. The van der Waals surface area contributed by atoms with Gasteiger partial charge in [-0.05, 0) is 19.3 Å². The van der Waals surface area contributed by atoms with Crippen LogP contribution in [0.5, 0.6) is 0 Å². The summed E-state index contributed by atoms with van der Waals surface area (Å²) in [7, 11) is 0. The third-order valence-corrected chi connectivity index (χ3v) is 3.88. The number of carbonyl (C=O) groups excluding carboxylic acids is 1. The number of H-pyrrole nitrogens is 1. The third-order valence-electron chi connectivity index (χ3n) is 3.88. The van der Waals surface area contributed by atoms with Crippen molar-refractivity contribution in [2.24, 2.45) is 5.92 Å². The molecule has 0 saturated heterocycles. The number of nitrogens with one attached hydrogen (secondary N) is 2. The van der Waals surface area contributed by atoms with Crippen LogP contribution in [-0.4, -0.2) is 16.1 Å². The van der Waals surface area contributed by atoms with Gasteiger partial charge in [0.15, 0.2) is 5.82 Å². The van der Waals surface area contributed by atoms with Crippen LogP contribution in [0.3, 0.4) is 0 Å². The van der Waals surface area contributed by atoms with Crippen LogP contribution >= 0.6 is 0 Å². The van der Waals surface area contributed by atoms with Crippen molar-refractivity contribution in [3.8, 4) is 0 Å². The van der Waals surface area contributed by atoms with E-state index in [-0.39, 0.29) is 11.8 Å². The summed E-state index contributed by atoms with van der Waals surface area (Å²) in [5.74, 6) is 0.999. The van der Waals surface area contributed by atoms with E-state index in [1.165, 1.54) is 32.1 Å². The molecular formula is C15H25N3O. The quantitative estimate of drug-likeness (QED) is 0.871. The molecule has 4 nitrogen and oxygen atoms in total. The molecule has 19 heavy (non-hydrogen) atoms. The van der Waals surface area contributed by atoms with Crippen molar-refractivity contribution in [2.45, 2.75) is 64.7 Å². The van der Waals surface area contributed by atoms with Crippen molar-refractivity contribution in [3.05, 3.63) is 11.8 Å². The number of rotatable bonds is 4. The van der Waals surface area contributed by atoms with Gasteiger partial charge in [-0.3, -0.25) is 9.89 Å². The van der Waals surface area contributed by atoms with E-state index in [0.29, 0.717) is 5.82 Å². The van der Waals surface area contributed by atoms with Crippen molar-refractivity contribution < 1.29 is 4.79 Å². The summed E-state index contributed by atoms with van der Waals surface area (Å²) in [6, 6.07) is 1.95. The zero-order chi connectivity index (χ0) is 13.5. The molecule has 1 fully saturated rings. The standard InChI is InChI=1S/C15H25N3O/c1-2-8-13-11-14(18-17-13)16-15(19)12-9-6-4-3-5-7-10-12/h11-12H,2-10H2,1H3,(H2,16,17,18,19). The Hall–Kier alpha value is -1.32. The predicted molar refractivity (Wildman–Crippen MR) is 77.0 cm³/mol. The molecule has 1 amide bonds. The molecule has 0 radical (unpaired) electrons. The number of aromatic nitrogens is 2. The molecule has 0 bridgehead atoms. The number of hydrogen-bond donors (Lipinski definition) is 2. The fourth-order valence-corrected chi connectivity index (χ4v) is 2.77. The monoisotopic (exact) mass is 263 g/mol. The van der Waals surface area contributed by atoms with Crippen LogP contribution in [0.4, 0.5) is 5.82 Å². The van der Waals surface area contributed by atoms with Crippen molar-refractivity contribution in [1.29, 1.82) is 0 Å². The van der Waals surface area contributed by atoms with E-state index in [0.717, 1.165) is 31.4 Å². The average molecular weight is 263 g/mol. The highest BCUT2D eigenvalue weighted by molar-refractivity contribution is 5.91. The Morgan fingerprint density at radius 2 is 2.00 bits per heavy atom. The third kappa shape index (κ3) is 4.37. The summed E-state index contributed by atoms with van der Waals surface area (Å²) in [5, 5.41) is 10.1. The lowest BCUT2D eigenvalue weighted by Gasteiger charge is -2.18. The number of carbonyl (C=O) groups is 1. The van der Waals surface area contributed by atoms with Crippen LogP contribution < -0.4 is 5.32 Å². The van der Waals surface area contributed by atoms with Crippen molar-refractivity contribution in [1.82, 2.24) is 10.2 Å². The number of anilines is 1. The van der Waals surface area contributed by atoms with Gasteiger partial charge in [0.25, 0.3) is 0 Å². The van der Waals surface area contributed by atoms with Crippen molar-refractivity contribution in [3.63, 3.8) is 0 Å². The Morgan fingerprint density at radius 3 is 2.68 bits per heavy atom. The smallest absolute Gasteiger partial charge is 0.228 e. The SMILES string of the molecule is CCCc1cc(NC(=O)C2CCCCCCC2)n[nH]1. The summed E-state index contributed by atoms with van der Waals surface area (Å²) < 4.78 is 0. The molecular weight excluding hydrogens is 238 g/mol. The van der Waals surface area contributed by atoms with Gasteiger partial charge in [-0.2, -0.15) is 5.10 Å². The molecule has 0 aliphatic heterocycles. The van der Waals surface area contributed by atoms with Gasteiger partial charge >= 0.3 is 0 Å². The molecule has 0 spiro atoms. The lowest BCUT2D eigenvalue weighted by atomic mass is 9.90. The summed E-state index contributed by atoms with van der Waals surface area (Å²) in [5.41, 5.74) is 1.09. The summed E-state index contributed by atoms with van der Waals surface area (Å²) >= 11 is 0. The maximum atomic E-state index is 12.2. The molecule has 0 unspecified atom stereocenters. The van der Waals surface area contributed by atoms with E-state index >= 15 is 0 Å². The molecule has 1 heterocycles. The van der Waals surface area contributed by atoms with E-state index in [2.05, 4.69) is 22.4 Å². The van der Waals surface area contributed by atoms with Crippen LogP contribution in [0.15, 0.2) is 6.07 Å². The molecule has 1 aliphatic carbocycles. The van der Waals surface area contributed by atoms with Crippen LogP contribution in [0, 0.1) is 5.92 Å². The largest absolute Gasteiger partial charge is 0.309 e. The Morgan fingerprint density at radius 1 is 1.32 bits per heavy atom. The number of hydrogen-bond acceptors (Lipinski definition) is 2. The predicted octanol–water partition coefficient (Wildman–Crippen LogP) is 3.66. The Kier molecular flexibility index (Phi) is 5.43. The molecule has 1 aromatic rings. The van der Waals surface area contributed by atoms with Gasteiger partial charge in [0.2, 0.25) is 5.91 Å².